The third-order valence-electron chi connectivity index (χ3n) is 2.18. The lowest BCUT2D eigenvalue weighted by Gasteiger charge is -2.24. The van der Waals surface area contributed by atoms with Crippen molar-refractivity contribution in [1.29, 1.82) is 0 Å². The zero-order chi connectivity index (χ0) is 7.40. The first-order valence-electron chi connectivity index (χ1n) is 3.75. The molecule has 2 atom stereocenters. The van der Waals surface area contributed by atoms with Crippen LogP contribution in [-0.4, -0.2) is 23.4 Å². The molecule has 58 valence electrons. The Kier molecular flexibility index (Phi) is 2.90. The monoisotopic (exact) mass is 142 g/mol. The van der Waals surface area contributed by atoms with Gasteiger partial charge in [0.25, 0.3) is 0 Å². The van der Waals surface area contributed by atoms with Gasteiger partial charge in [-0.2, -0.15) is 0 Å². The van der Waals surface area contributed by atoms with Gasteiger partial charge in [0.2, 0.25) is 0 Å². The van der Waals surface area contributed by atoms with Crippen LogP contribution in [0.5, 0.6) is 0 Å². The molecule has 0 heterocycles. The SMILES string of the molecule is OC[C@@H]1CC=CC[C@H]1CO. The Hall–Kier alpha value is -0.340. The first-order chi connectivity index (χ1) is 4.88. The van der Waals surface area contributed by atoms with E-state index in [0.717, 1.165) is 12.8 Å². The van der Waals surface area contributed by atoms with Crippen molar-refractivity contribution >= 4 is 0 Å². The van der Waals surface area contributed by atoms with Gasteiger partial charge >= 0.3 is 0 Å². The maximum atomic E-state index is 8.85. The molecule has 1 aliphatic carbocycles. The average molecular weight is 142 g/mol. The lowest BCUT2D eigenvalue weighted by molar-refractivity contribution is 0.118. The molecule has 0 fully saturated rings. The van der Waals surface area contributed by atoms with Crippen molar-refractivity contribution in [2.24, 2.45) is 11.8 Å². The normalized spacial score (nSPS) is 32.6. The third-order valence-corrected chi connectivity index (χ3v) is 2.18. The second-order valence-corrected chi connectivity index (χ2v) is 2.83. The van der Waals surface area contributed by atoms with Crippen LogP contribution in [0.4, 0.5) is 0 Å². The molecule has 1 aliphatic rings. The molecule has 2 nitrogen and oxygen atoms in total. The van der Waals surface area contributed by atoms with Gasteiger partial charge in [-0.3, -0.25) is 0 Å². The Bertz CT molecular complexity index is 106. The van der Waals surface area contributed by atoms with Crippen LogP contribution in [0.25, 0.3) is 0 Å². The summed E-state index contributed by atoms with van der Waals surface area (Å²) in [5.41, 5.74) is 0. The molecule has 0 radical (unpaired) electrons. The Labute approximate surface area is 61.2 Å². The molecule has 0 aromatic carbocycles. The molecule has 2 N–H and O–H groups in total. The molecular weight excluding hydrogens is 128 g/mol. The minimum Gasteiger partial charge on any atom is -0.396 e. The fraction of sp³-hybridized carbons (Fsp3) is 0.750. The molecule has 0 saturated carbocycles. The number of aliphatic hydroxyl groups is 2. The summed E-state index contributed by atoms with van der Waals surface area (Å²) in [6.07, 6.45) is 5.99. The van der Waals surface area contributed by atoms with Gasteiger partial charge in [0.1, 0.15) is 0 Å². The van der Waals surface area contributed by atoms with Crippen LogP contribution in [-0.2, 0) is 0 Å². The van der Waals surface area contributed by atoms with Crippen LogP contribution in [0.2, 0.25) is 0 Å². The van der Waals surface area contributed by atoms with E-state index in [9.17, 15) is 0 Å². The van der Waals surface area contributed by atoms with Gasteiger partial charge in [0, 0.05) is 13.2 Å². The lowest BCUT2D eigenvalue weighted by atomic mass is 9.84. The molecule has 1 rings (SSSR count). The minimum absolute atomic E-state index is 0.204. The van der Waals surface area contributed by atoms with E-state index in [1.807, 2.05) is 0 Å². The van der Waals surface area contributed by atoms with E-state index in [4.69, 9.17) is 10.2 Å². The van der Waals surface area contributed by atoms with Crippen LogP contribution in [0.15, 0.2) is 12.2 Å². The number of hydrogen-bond donors (Lipinski definition) is 2. The van der Waals surface area contributed by atoms with E-state index in [0.29, 0.717) is 0 Å². The molecule has 0 spiro atoms. The number of aliphatic hydroxyl groups excluding tert-OH is 2. The Morgan fingerprint density at radius 2 is 1.40 bits per heavy atom. The van der Waals surface area contributed by atoms with Crippen molar-refractivity contribution in [1.82, 2.24) is 0 Å². The van der Waals surface area contributed by atoms with Crippen LogP contribution in [0, 0.1) is 11.8 Å². The molecule has 0 aromatic rings. The predicted molar refractivity (Wildman–Crippen MR) is 39.5 cm³/mol. The summed E-state index contributed by atoms with van der Waals surface area (Å²) in [7, 11) is 0. The number of rotatable bonds is 2. The number of hydrogen-bond acceptors (Lipinski definition) is 2. The molecule has 0 aromatic heterocycles. The first-order valence-corrected chi connectivity index (χ1v) is 3.75. The van der Waals surface area contributed by atoms with Gasteiger partial charge < -0.3 is 10.2 Å². The highest BCUT2D eigenvalue weighted by atomic mass is 16.3. The molecule has 0 amide bonds. The van der Waals surface area contributed by atoms with Crippen molar-refractivity contribution in [3.8, 4) is 0 Å². The average Bonchev–Trinajstić information content (AvgIpc) is 2.04. The van der Waals surface area contributed by atoms with Gasteiger partial charge in [-0.05, 0) is 24.7 Å². The van der Waals surface area contributed by atoms with Gasteiger partial charge in [-0.25, -0.2) is 0 Å². The van der Waals surface area contributed by atoms with E-state index in [-0.39, 0.29) is 25.0 Å². The van der Waals surface area contributed by atoms with Gasteiger partial charge in [0.15, 0.2) is 0 Å². The summed E-state index contributed by atoms with van der Waals surface area (Å²) >= 11 is 0. The topological polar surface area (TPSA) is 40.5 Å². The summed E-state index contributed by atoms with van der Waals surface area (Å²) in [4.78, 5) is 0. The Morgan fingerprint density at radius 1 is 1.00 bits per heavy atom. The fourth-order valence-corrected chi connectivity index (χ4v) is 1.37. The Balaban J connectivity index is 2.45. The molecule has 0 aliphatic heterocycles. The van der Waals surface area contributed by atoms with Gasteiger partial charge in [-0.15, -0.1) is 0 Å². The number of allylic oxidation sites excluding steroid dienone is 2. The first kappa shape index (κ1) is 7.76. The summed E-state index contributed by atoms with van der Waals surface area (Å²) in [5.74, 6) is 0.574. The van der Waals surface area contributed by atoms with Crippen molar-refractivity contribution in [3.63, 3.8) is 0 Å². The highest BCUT2D eigenvalue weighted by Gasteiger charge is 2.20. The summed E-state index contributed by atoms with van der Waals surface area (Å²) < 4.78 is 0. The molecule has 10 heavy (non-hydrogen) atoms. The molecule has 0 unspecified atom stereocenters. The van der Waals surface area contributed by atoms with E-state index in [1.54, 1.807) is 0 Å². The highest BCUT2D eigenvalue weighted by Crippen LogP contribution is 2.23. The van der Waals surface area contributed by atoms with Crippen LogP contribution in [0.3, 0.4) is 0 Å². The zero-order valence-corrected chi connectivity index (χ0v) is 6.03. The van der Waals surface area contributed by atoms with E-state index >= 15 is 0 Å². The standard InChI is InChI=1S/C8H14O2/c9-5-7-3-1-2-4-8(7)6-10/h1-2,7-10H,3-6H2/t7-,8-/m0/s1. The quantitative estimate of drug-likeness (QED) is 0.553. The van der Waals surface area contributed by atoms with Crippen LogP contribution < -0.4 is 0 Å². The second kappa shape index (κ2) is 3.74. The van der Waals surface area contributed by atoms with Crippen LogP contribution in [0.1, 0.15) is 12.8 Å². The molecule has 0 bridgehead atoms. The second-order valence-electron chi connectivity index (χ2n) is 2.83. The van der Waals surface area contributed by atoms with Gasteiger partial charge in [-0.1, -0.05) is 12.2 Å². The lowest BCUT2D eigenvalue weighted by Crippen LogP contribution is -2.23. The zero-order valence-electron chi connectivity index (χ0n) is 6.03. The summed E-state index contributed by atoms with van der Waals surface area (Å²) in [6.45, 7) is 0.408. The summed E-state index contributed by atoms with van der Waals surface area (Å²) in [6, 6.07) is 0. The van der Waals surface area contributed by atoms with Crippen LogP contribution >= 0.6 is 0 Å². The smallest absolute Gasteiger partial charge is 0.0465 e. The van der Waals surface area contributed by atoms with E-state index in [2.05, 4.69) is 12.2 Å². The van der Waals surface area contributed by atoms with E-state index < -0.39 is 0 Å². The maximum absolute atomic E-state index is 8.85. The third kappa shape index (κ3) is 1.58. The van der Waals surface area contributed by atoms with Crippen molar-refractivity contribution in [3.05, 3.63) is 12.2 Å². The van der Waals surface area contributed by atoms with Crippen molar-refractivity contribution in [2.45, 2.75) is 12.8 Å². The Morgan fingerprint density at radius 3 is 1.70 bits per heavy atom. The van der Waals surface area contributed by atoms with E-state index in [1.165, 1.54) is 0 Å². The molecular formula is C8H14O2. The van der Waals surface area contributed by atoms with Gasteiger partial charge in [0.05, 0.1) is 0 Å². The van der Waals surface area contributed by atoms with Crippen molar-refractivity contribution in [2.75, 3.05) is 13.2 Å². The minimum atomic E-state index is 0.204. The molecule has 2 heteroatoms. The predicted octanol–water partition coefficient (Wildman–Crippen LogP) is 0.553. The van der Waals surface area contributed by atoms with Crippen molar-refractivity contribution < 1.29 is 10.2 Å². The maximum Gasteiger partial charge on any atom is 0.0465 e. The highest BCUT2D eigenvalue weighted by molar-refractivity contribution is 4.94. The summed E-state index contributed by atoms with van der Waals surface area (Å²) in [5, 5.41) is 17.7. The largest absolute Gasteiger partial charge is 0.396 e. The molecule has 0 saturated heterocycles. The fourth-order valence-electron chi connectivity index (χ4n) is 1.37.